The summed E-state index contributed by atoms with van der Waals surface area (Å²) in [5.41, 5.74) is -0.349. The highest BCUT2D eigenvalue weighted by Crippen LogP contribution is 2.10. The lowest BCUT2D eigenvalue weighted by Gasteiger charge is -2.03. The average Bonchev–Trinajstić information content (AvgIpc) is 2.59. The second kappa shape index (κ2) is 5.35. The lowest BCUT2D eigenvalue weighted by atomic mass is 10.2. The van der Waals surface area contributed by atoms with Crippen molar-refractivity contribution in [3.8, 4) is 0 Å². The Balaban J connectivity index is 2.36. The zero-order chi connectivity index (χ0) is 14.0. The van der Waals surface area contributed by atoms with Crippen LogP contribution in [0.25, 0.3) is 0 Å². The van der Waals surface area contributed by atoms with E-state index in [1.165, 1.54) is 6.07 Å². The fourth-order valence-corrected chi connectivity index (χ4v) is 1.89. The van der Waals surface area contributed by atoms with E-state index in [4.69, 9.17) is 0 Å². The number of benzene rings is 1. The normalized spacial score (nSPS) is 10.5. The molecule has 0 spiro atoms. The van der Waals surface area contributed by atoms with Gasteiger partial charge in [-0.1, -0.05) is 18.2 Å². The van der Waals surface area contributed by atoms with Crippen molar-refractivity contribution < 1.29 is 14.0 Å². The molecule has 6 nitrogen and oxygen atoms in total. The fourth-order valence-electron chi connectivity index (χ4n) is 1.46. The van der Waals surface area contributed by atoms with Crippen molar-refractivity contribution in [3.05, 3.63) is 50.9 Å². The van der Waals surface area contributed by atoms with Gasteiger partial charge in [0.25, 0.3) is 0 Å². The van der Waals surface area contributed by atoms with E-state index in [2.05, 4.69) is 25.9 Å². The van der Waals surface area contributed by atoms with Crippen LogP contribution < -0.4 is 10.5 Å². The number of carbonyl (C=O) groups is 1. The summed E-state index contributed by atoms with van der Waals surface area (Å²) in [6.07, 6.45) is 0. The SMILES string of the molecule is CC(=O)On1nc(Br)n(Cc2ccccc2F)c1=O. The molecule has 1 heterocycles. The first-order valence-electron chi connectivity index (χ1n) is 5.26. The number of halogens is 2. The molecular formula is C11H9BrFN3O3. The van der Waals surface area contributed by atoms with Crippen molar-refractivity contribution >= 4 is 21.9 Å². The Morgan fingerprint density at radius 2 is 2.16 bits per heavy atom. The minimum atomic E-state index is -0.676. The molecule has 1 aromatic carbocycles. The second-order valence-electron chi connectivity index (χ2n) is 3.68. The maximum absolute atomic E-state index is 13.5. The maximum atomic E-state index is 13.5. The van der Waals surface area contributed by atoms with Crippen molar-refractivity contribution in [1.29, 1.82) is 0 Å². The summed E-state index contributed by atoms with van der Waals surface area (Å²) in [7, 11) is 0. The minimum absolute atomic E-state index is 0.0205. The van der Waals surface area contributed by atoms with Crippen molar-refractivity contribution in [2.75, 3.05) is 0 Å². The Hall–Kier alpha value is -1.96. The van der Waals surface area contributed by atoms with Gasteiger partial charge in [0.1, 0.15) is 5.82 Å². The van der Waals surface area contributed by atoms with Gasteiger partial charge in [-0.25, -0.2) is 14.0 Å². The molecule has 1 aromatic heterocycles. The van der Waals surface area contributed by atoms with Crippen LogP contribution in [0, 0.1) is 5.82 Å². The van der Waals surface area contributed by atoms with E-state index >= 15 is 0 Å². The summed E-state index contributed by atoms with van der Waals surface area (Å²) in [4.78, 5) is 27.8. The predicted octanol–water partition coefficient (Wildman–Crippen LogP) is 0.970. The number of rotatable bonds is 3. The minimum Gasteiger partial charge on any atom is -0.314 e. The molecule has 0 saturated heterocycles. The van der Waals surface area contributed by atoms with Crippen molar-refractivity contribution in [2.24, 2.45) is 0 Å². The molecule has 19 heavy (non-hydrogen) atoms. The van der Waals surface area contributed by atoms with Crippen LogP contribution in [0.1, 0.15) is 12.5 Å². The zero-order valence-corrected chi connectivity index (χ0v) is 11.4. The maximum Gasteiger partial charge on any atom is 0.381 e. The summed E-state index contributed by atoms with van der Waals surface area (Å²) in [5, 5.41) is 3.69. The van der Waals surface area contributed by atoms with Crippen LogP contribution in [0.2, 0.25) is 0 Å². The Kier molecular flexibility index (Phi) is 3.79. The summed E-state index contributed by atoms with van der Waals surface area (Å²) in [6.45, 7) is 1.13. The van der Waals surface area contributed by atoms with Gasteiger partial charge in [-0.3, -0.25) is 4.57 Å². The van der Waals surface area contributed by atoms with Crippen LogP contribution in [-0.4, -0.2) is 20.5 Å². The van der Waals surface area contributed by atoms with Crippen LogP contribution in [-0.2, 0) is 11.3 Å². The van der Waals surface area contributed by atoms with Crippen LogP contribution >= 0.6 is 15.9 Å². The highest BCUT2D eigenvalue weighted by molar-refractivity contribution is 9.10. The van der Waals surface area contributed by atoms with E-state index < -0.39 is 17.5 Å². The molecular weight excluding hydrogens is 321 g/mol. The Morgan fingerprint density at radius 1 is 1.47 bits per heavy atom. The third-order valence-electron chi connectivity index (χ3n) is 2.29. The van der Waals surface area contributed by atoms with Crippen LogP contribution in [0.3, 0.4) is 0 Å². The molecule has 0 saturated carbocycles. The van der Waals surface area contributed by atoms with E-state index in [1.807, 2.05) is 0 Å². The van der Waals surface area contributed by atoms with Crippen molar-refractivity contribution in [3.63, 3.8) is 0 Å². The number of hydrogen-bond acceptors (Lipinski definition) is 4. The van der Waals surface area contributed by atoms with E-state index in [0.29, 0.717) is 10.4 Å². The molecule has 0 aliphatic rings. The van der Waals surface area contributed by atoms with Gasteiger partial charge in [-0.15, -0.1) is 5.10 Å². The molecule has 0 aliphatic carbocycles. The second-order valence-corrected chi connectivity index (χ2v) is 4.39. The monoisotopic (exact) mass is 329 g/mol. The first kappa shape index (κ1) is 13.5. The number of hydrogen-bond donors (Lipinski definition) is 0. The molecule has 0 bridgehead atoms. The van der Waals surface area contributed by atoms with Gasteiger partial charge >= 0.3 is 11.7 Å². The van der Waals surface area contributed by atoms with Gasteiger partial charge < -0.3 is 4.84 Å². The molecule has 0 radical (unpaired) electrons. The molecule has 0 fully saturated rings. The summed E-state index contributed by atoms with van der Waals surface area (Å²) >= 11 is 3.06. The van der Waals surface area contributed by atoms with Gasteiger partial charge in [-0.05, 0) is 26.8 Å². The van der Waals surface area contributed by atoms with Gasteiger partial charge in [-0.2, -0.15) is 0 Å². The predicted molar refractivity (Wildman–Crippen MR) is 67.0 cm³/mol. The van der Waals surface area contributed by atoms with Gasteiger partial charge in [0, 0.05) is 12.5 Å². The Bertz CT molecular complexity index is 680. The standard InChI is InChI=1S/C11H9BrFN3O3/c1-7(17)19-16-11(18)15(10(12)14-16)6-8-4-2-3-5-9(8)13/h2-5H,6H2,1H3. The molecule has 0 N–H and O–H groups in total. The molecule has 0 unspecified atom stereocenters. The fraction of sp³-hybridized carbons (Fsp3) is 0.182. The lowest BCUT2D eigenvalue weighted by Crippen LogP contribution is -2.32. The van der Waals surface area contributed by atoms with Crippen molar-refractivity contribution in [2.45, 2.75) is 13.5 Å². The van der Waals surface area contributed by atoms with Gasteiger partial charge in [0.15, 0.2) is 0 Å². The number of carbonyl (C=O) groups excluding carboxylic acids is 1. The molecule has 8 heteroatoms. The van der Waals surface area contributed by atoms with Crippen LogP contribution in [0.5, 0.6) is 0 Å². The molecule has 100 valence electrons. The number of nitrogens with zero attached hydrogens (tertiary/aromatic N) is 3. The molecule has 2 aromatic rings. The van der Waals surface area contributed by atoms with Crippen LogP contribution in [0.15, 0.2) is 33.8 Å². The van der Waals surface area contributed by atoms with E-state index in [1.54, 1.807) is 18.2 Å². The molecule has 0 atom stereocenters. The van der Waals surface area contributed by atoms with Gasteiger partial charge in [0.2, 0.25) is 4.73 Å². The Morgan fingerprint density at radius 3 is 2.79 bits per heavy atom. The average molecular weight is 330 g/mol. The summed E-state index contributed by atoms with van der Waals surface area (Å²) < 4.78 is 14.8. The number of aromatic nitrogens is 3. The quantitative estimate of drug-likeness (QED) is 0.841. The third kappa shape index (κ3) is 2.90. The van der Waals surface area contributed by atoms with Crippen LogP contribution in [0.4, 0.5) is 4.39 Å². The molecule has 0 amide bonds. The topological polar surface area (TPSA) is 66.1 Å². The van der Waals surface area contributed by atoms with E-state index in [-0.39, 0.29) is 11.3 Å². The summed E-state index contributed by atoms with van der Waals surface area (Å²) in [5.74, 6) is -1.10. The van der Waals surface area contributed by atoms with E-state index in [0.717, 1.165) is 11.5 Å². The van der Waals surface area contributed by atoms with E-state index in [9.17, 15) is 14.0 Å². The summed E-state index contributed by atoms with van der Waals surface area (Å²) in [6, 6.07) is 6.06. The highest BCUT2D eigenvalue weighted by Gasteiger charge is 2.15. The third-order valence-corrected chi connectivity index (χ3v) is 2.88. The Labute approximate surface area is 115 Å². The smallest absolute Gasteiger partial charge is 0.314 e. The molecule has 2 rings (SSSR count). The van der Waals surface area contributed by atoms with Gasteiger partial charge in [0.05, 0.1) is 6.54 Å². The first-order valence-corrected chi connectivity index (χ1v) is 6.06. The molecule has 0 aliphatic heterocycles. The largest absolute Gasteiger partial charge is 0.381 e. The zero-order valence-electron chi connectivity index (χ0n) is 9.84. The first-order chi connectivity index (χ1) is 8.99. The highest BCUT2D eigenvalue weighted by atomic mass is 79.9. The lowest BCUT2D eigenvalue weighted by molar-refractivity contribution is -0.143. The van der Waals surface area contributed by atoms with Crippen molar-refractivity contribution in [1.82, 2.24) is 14.5 Å².